The van der Waals surface area contributed by atoms with Crippen molar-refractivity contribution in [1.29, 1.82) is 0 Å². The summed E-state index contributed by atoms with van der Waals surface area (Å²) >= 11 is 0. The van der Waals surface area contributed by atoms with E-state index in [9.17, 15) is 27.8 Å². The molecule has 3 aromatic carbocycles. The predicted molar refractivity (Wildman–Crippen MR) is 140 cm³/mol. The molecule has 7 nitrogen and oxygen atoms in total. The topological polar surface area (TPSA) is 116 Å². The van der Waals surface area contributed by atoms with Gasteiger partial charge in [0.15, 0.2) is 0 Å². The van der Waals surface area contributed by atoms with E-state index in [1.54, 1.807) is 42.5 Å². The van der Waals surface area contributed by atoms with Crippen molar-refractivity contribution < 1.29 is 27.8 Å². The molecule has 198 valence electrons. The Morgan fingerprint density at radius 1 is 1.08 bits per heavy atom. The molecular formula is C28H33FN2O5S. The molecule has 0 radical (unpaired) electrons. The SMILES string of the molecule is Cc1cc(F)ccc1[C@H]1C[C@@H](O)CCN1.Cc1ccc(S(=O)(=O)N[C@H](Cc2ccccc2)C(=O)O)cc1. The Balaban J connectivity index is 0.000000220. The minimum Gasteiger partial charge on any atom is -0.480 e. The van der Waals surface area contributed by atoms with Crippen LogP contribution in [0.5, 0.6) is 0 Å². The molecule has 0 aromatic heterocycles. The number of piperidine rings is 1. The monoisotopic (exact) mass is 528 g/mol. The van der Waals surface area contributed by atoms with Gasteiger partial charge in [0.25, 0.3) is 0 Å². The number of carboxylic acid groups (broad SMARTS) is 1. The lowest BCUT2D eigenvalue weighted by molar-refractivity contribution is -0.138. The zero-order chi connectivity index (χ0) is 27.0. The molecule has 37 heavy (non-hydrogen) atoms. The average Bonchev–Trinajstić information content (AvgIpc) is 2.85. The van der Waals surface area contributed by atoms with Crippen molar-refractivity contribution in [1.82, 2.24) is 10.0 Å². The number of hydrogen-bond donors (Lipinski definition) is 4. The van der Waals surface area contributed by atoms with Gasteiger partial charge in [-0.15, -0.1) is 0 Å². The Bertz CT molecular complexity index is 1280. The third kappa shape index (κ3) is 8.46. The van der Waals surface area contributed by atoms with Crippen molar-refractivity contribution in [3.05, 3.63) is 101 Å². The van der Waals surface area contributed by atoms with Gasteiger partial charge in [0.05, 0.1) is 11.0 Å². The maximum Gasteiger partial charge on any atom is 0.322 e. The summed E-state index contributed by atoms with van der Waals surface area (Å²) in [6, 6.07) is 18.9. The molecule has 1 fully saturated rings. The number of aryl methyl sites for hydroxylation is 2. The fourth-order valence-electron chi connectivity index (χ4n) is 4.17. The van der Waals surface area contributed by atoms with Crippen LogP contribution < -0.4 is 10.0 Å². The lowest BCUT2D eigenvalue weighted by Crippen LogP contribution is -2.42. The minimum atomic E-state index is -3.87. The first-order chi connectivity index (χ1) is 17.5. The van der Waals surface area contributed by atoms with E-state index >= 15 is 0 Å². The molecule has 0 spiro atoms. The van der Waals surface area contributed by atoms with Crippen LogP contribution in [0.3, 0.4) is 0 Å². The third-order valence-electron chi connectivity index (χ3n) is 6.19. The van der Waals surface area contributed by atoms with E-state index in [0.29, 0.717) is 6.42 Å². The molecule has 0 saturated carbocycles. The molecule has 0 unspecified atom stereocenters. The van der Waals surface area contributed by atoms with Gasteiger partial charge in [-0.25, -0.2) is 12.8 Å². The van der Waals surface area contributed by atoms with Crippen molar-refractivity contribution in [3.63, 3.8) is 0 Å². The standard InChI is InChI=1S/C16H17NO4S.C12H16FNO/c1-12-7-9-14(10-8-12)22(20,21)17-15(16(18)19)11-13-5-3-2-4-6-13;1-8-6-9(13)2-3-11(8)12-7-10(15)4-5-14-12/h2-10,15,17H,11H2,1H3,(H,18,19);2-3,6,10,12,14-15H,4-5,7H2,1H3/t15-;10-,12+/m10/s1. The van der Waals surface area contributed by atoms with E-state index in [2.05, 4.69) is 10.0 Å². The highest BCUT2D eigenvalue weighted by Crippen LogP contribution is 2.26. The molecule has 4 rings (SSSR count). The molecule has 4 N–H and O–H groups in total. The average molecular weight is 529 g/mol. The quantitative estimate of drug-likeness (QED) is 0.370. The fraction of sp³-hybridized carbons (Fsp3) is 0.321. The Kier molecular flexibility index (Phi) is 9.93. The van der Waals surface area contributed by atoms with E-state index in [4.69, 9.17) is 0 Å². The molecule has 0 aliphatic carbocycles. The second-order valence-corrected chi connectivity index (χ2v) is 10.9. The van der Waals surface area contributed by atoms with Gasteiger partial charge in [-0.2, -0.15) is 4.72 Å². The Morgan fingerprint density at radius 2 is 1.76 bits per heavy atom. The number of aliphatic hydroxyl groups is 1. The molecule has 0 bridgehead atoms. The molecule has 1 aliphatic heterocycles. The van der Waals surface area contributed by atoms with E-state index in [1.807, 2.05) is 19.9 Å². The molecule has 3 atom stereocenters. The molecule has 1 saturated heterocycles. The van der Waals surface area contributed by atoms with E-state index in [-0.39, 0.29) is 29.3 Å². The van der Waals surface area contributed by atoms with Crippen LogP contribution in [0.2, 0.25) is 0 Å². The number of benzene rings is 3. The van der Waals surface area contributed by atoms with Gasteiger partial charge in [0.2, 0.25) is 10.0 Å². The van der Waals surface area contributed by atoms with Crippen LogP contribution in [0.1, 0.15) is 41.1 Å². The molecule has 3 aromatic rings. The summed E-state index contributed by atoms with van der Waals surface area (Å²) < 4.78 is 39.7. The minimum absolute atomic E-state index is 0.0532. The number of aliphatic hydroxyl groups excluding tert-OH is 1. The second-order valence-electron chi connectivity index (χ2n) is 9.20. The fourth-order valence-corrected chi connectivity index (χ4v) is 5.36. The molecule has 1 heterocycles. The first-order valence-corrected chi connectivity index (χ1v) is 13.6. The molecule has 9 heteroatoms. The van der Waals surface area contributed by atoms with E-state index in [1.165, 1.54) is 24.3 Å². The number of rotatable bonds is 7. The highest BCUT2D eigenvalue weighted by Gasteiger charge is 2.25. The van der Waals surface area contributed by atoms with Crippen LogP contribution in [0, 0.1) is 19.7 Å². The van der Waals surface area contributed by atoms with Gasteiger partial charge >= 0.3 is 5.97 Å². The van der Waals surface area contributed by atoms with Crippen LogP contribution in [0.25, 0.3) is 0 Å². The predicted octanol–water partition coefficient (Wildman–Crippen LogP) is 3.89. The number of nitrogens with one attached hydrogen (secondary N) is 2. The van der Waals surface area contributed by atoms with Crippen molar-refractivity contribution in [2.75, 3.05) is 6.54 Å². The lowest BCUT2D eigenvalue weighted by atomic mass is 9.93. The summed E-state index contributed by atoms with van der Waals surface area (Å²) in [4.78, 5) is 11.4. The third-order valence-corrected chi connectivity index (χ3v) is 7.68. The first kappa shape index (κ1) is 28.5. The van der Waals surface area contributed by atoms with Gasteiger partial charge in [-0.1, -0.05) is 54.1 Å². The highest BCUT2D eigenvalue weighted by atomic mass is 32.2. The maximum absolute atomic E-state index is 12.9. The summed E-state index contributed by atoms with van der Waals surface area (Å²) in [5.41, 5.74) is 3.72. The summed E-state index contributed by atoms with van der Waals surface area (Å²) in [5, 5.41) is 22.2. The van der Waals surface area contributed by atoms with Gasteiger partial charge in [-0.05, 0) is 80.6 Å². The highest BCUT2D eigenvalue weighted by molar-refractivity contribution is 7.89. The lowest BCUT2D eigenvalue weighted by Gasteiger charge is -2.28. The van der Waals surface area contributed by atoms with Crippen molar-refractivity contribution >= 4 is 16.0 Å². The van der Waals surface area contributed by atoms with Gasteiger partial charge < -0.3 is 15.5 Å². The van der Waals surface area contributed by atoms with E-state index in [0.717, 1.165) is 35.2 Å². The molecule has 1 aliphatic rings. The van der Waals surface area contributed by atoms with E-state index < -0.39 is 22.0 Å². The zero-order valence-corrected chi connectivity index (χ0v) is 21.7. The van der Waals surface area contributed by atoms with Crippen molar-refractivity contribution in [2.45, 2.75) is 56.2 Å². The number of sulfonamides is 1. The van der Waals surface area contributed by atoms with Gasteiger partial charge in [0.1, 0.15) is 11.9 Å². The molecule has 0 amide bonds. The largest absolute Gasteiger partial charge is 0.480 e. The van der Waals surface area contributed by atoms with Crippen LogP contribution in [-0.4, -0.2) is 43.3 Å². The number of halogens is 1. The molecular weight excluding hydrogens is 495 g/mol. The van der Waals surface area contributed by atoms with Gasteiger partial charge in [0, 0.05) is 6.04 Å². The van der Waals surface area contributed by atoms with Crippen molar-refractivity contribution in [3.8, 4) is 0 Å². The Morgan fingerprint density at radius 3 is 2.35 bits per heavy atom. The van der Waals surface area contributed by atoms with Crippen LogP contribution in [0.4, 0.5) is 4.39 Å². The number of carbonyl (C=O) groups is 1. The zero-order valence-electron chi connectivity index (χ0n) is 20.9. The maximum atomic E-state index is 12.9. The smallest absolute Gasteiger partial charge is 0.322 e. The Labute approximate surface area is 217 Å². The first-order valence-electron chi connectivity index (χ1n) is 12.1. The number of hydrogen-bond acceptors (Lipinski definition) is 5. The summed E-state index contributed by atoms with van der Waals surface area (Å²) in [6.07, 6.45) is 1.37. The normalized spacial score (nSPS) is 18.4. The van der Waals surface area contributed by atoms with Crippen LogP contribution in [0.15, 0.2) is 77.7 Å². The summed E-state index contributed by atoms with van der Waals surface area (Å²) in [7, 11) is -3.87. The summed E-state index contributed by atoms with van der Waals surface area (Å²) in [6.45, 7) is 4.57. The Hall–Kier alpha value is -3.11. The van der Waals surface area contributed by atoms with Crippen LogP contribution >= 0.6 is 0 Å². The van der Waals surface area contributed by atoms with Crippen molar-refractivity contribution in [2.24, 2.45) is 0 Å². The summed E-state index contributed by atoms with van der Waals surface area (Å²) in [5.74, 6) is -1.41. The second kappa shape index (κ2) is 12.9. The van der Waals surface area contributed by atoms with Crippen LogP contribution in [-0.2, 0) is 21.2 Å². The number of aliphatic carboxylic acids is 1. The van der Waals surface area contributed by atoms with Gasteiger partial charge in [-0.3, -0.25) is 4.79 Å². The number of carboxylic acids is 1.